The van der Waals surface area contributed by atoms with Crippen LogP contribution in [0.2, 0.25) is 0 Å². The molecule has 23 heavy (non-hydrogen) atoms. The summed E-state index contributed by atoms with van der Waals surface area (Å²) in [5.74, 6) is 1.01. The zero-order chi connectivity index (χ0) is 16.0. The molecule has 2 aromatic rings. The Bertz CT molecular complexity index is 746. The Kier molecular flexibility index (Phi) is 3.91. The summed E-state index contributed by atoms with van der Waals surface area (Å²) in [6.07, 6.45) is 4.44. The summed E-state index contributed by atoms with van der Waals surface area (Å²) in [5.41, 5.74) is 0.712. The van der Waals surface area contributed by atoms with Gasteiger partial charge in [0.05, 0.1) is 17.2 Å². The maximum absolute atomic E-state index is 12.6. The molecule has 0 radical (unpaired) electrons. The molecule has 1 aliphatic carbocycles. The molecule has 1 saturated carbocycles. The third kappa shape index (κ3) is 2.69. The standard InChI is InChI=1S/C17H18N2O2S2/c1-22-12-4-2-3-10(5-12)16(21)15-7-18-17(23-15)19-8-11-6-14(20)13(11)9-19/h2-5,7,11,13-14,20H,6,8-9H2,1H3. The lowest BCUT2D eigenvalue weighted by Gasteiger charge is -2.34. The SMILES string of the molecule is CSc1cccc(C(=O)c2cnc(N3CC4CC(O)C4C3)s2)c1. The molecule has 0 bridgehead atoms. The molecule has 3 unspecified atom stereocenters. The second-order valence-corrected chi connectivity index (χ2v) is 8.09. The number of benzene rings is 1. The van der Waals surface area contributed by atoms with Crippen LogP contribution in [0.1, 0.15) is 21.7 Å². The second-order valence-electron chi connectivity index (χ2n) is 6.20. The van der Waals surface area contributed by atoms with Crippen molar-refractivity contribution in [3.8, 4) is 0 Å². The van der Waals surface area contributed by atoms with E-state index >= 15 is 0 Å². The molecule has 1 aromatic heterocycles. The van der Waals surface area contributed by atoms with Crippen molar-refractivity contribution >= 4 is 34.0 Å². The fourth-order valence-electron chi connectivity index (χ4n) is 3.45. The van der Waals surface area contributed by atoms with Crippen LogP contribution in [-0.4, -0.2) is 41.3 Å². The Morgan fingerprint density at radius 2 is 2.30 bits per heavy atom. The van der Waals surface area contributed by atoms with Crippen molar-refractivity contribution in [2.45, 2.75) is 17.4 Å². The number of anilines is 1. The van der Waals surface area contributed by atoms with Crippen LogP contribution >= 0.6 is 23.1 Å². The number of rotatable bonds is 4. The fraction of sp³-hybridized carbons (Fsp3) is 0.412. The lowest BCUT2D eigenvalue weighted by molar-refractivity contribution is -0.00398. The molecular formula is C17H18N2O2S2. The summed E-state index contributed by atoms with van der Waals surface area (Å²) < 4.78 is 0. The van der Waals surface area contributed by atoms with Gasteiger partial charge in [0.25, 0.3) is 0 Å². The van der Waals surface area contributed by atoms with Crippen LogP contribution in [0.5, 0.6) is 0 Å². The molecule has 1 aliphatic heterocycles. The third-order valence-corrected chi connectivity index (χ3v) is 6.63. The average molecular weight is 346 g/mol. The number of aliphatic hydroxyl groups is 1. The minimum absolute atomic E-state index is 0.0341. The Balaban J connectivity index is 1.52. The highest BCUT2D eigenvalue weighted by molar-refractivity contribution is 7.98. The minimum atomic E-state index is -0.152. The van der Waals surface area contributed by atoms with Gasteiger partial charge < -0.3 is 10.0 Å². The van der Waals surface area contributed by atoms with E-state index < -0.39 is 0 Å². The van der Waals surface area contributed by atoms with Crippen molar-refractivity contribution in [2.24, 2.45) is 11.8 Å². The van der Waals surface area contributed by atoms with Crippen molar-refractivity contribution in [2.75, 3.05) is 24.2 Å². The molecule has 6 heteroatoms. The smallest absolute Gasteiger partial charge is 0.204 e. The molecule has 2 aliphatic rings. The number of ketones is 1. The summed E-state index contributed by atoms with van der Waals surface area (Å²) in [7, 11) is 0. The van der Waals surface area contributed by atoms with Crippen molar-refractivity contribution in [1.29, 1.82) is 0 Å². The number of fused-ring (bicyclic) bond motifs is 1. The van der Waals surface area contributed by atoms with Gasteiger partial charge in [0.15, 0.2) is 5.13 Å². The van der Waals surface area contributed by atoms with Crippen LogP contribution < -0.4 is 4.90 Å². The fourth-order valence-corrected chi connectivity index (χ4v) is 4.81. The number of hydrogen-bond acceptors (Lipinski definition) is 6. The zero-order valence-electron chi connectivity index (χ0n) is 12.8. The first-order valence-corrected chi connectivity index (χ1v) is 9.77. The van der Waals surface area contributed by atoms with E-state index in [0.717, 1.165) is 29.5 Å². The van der Waals surface area contributed by atoms with Gasteiger partial charge in [0, 0.05) is 29.5 Å². The van der Waals surface area contributed by atoms with E-state index in [1.54, 1.807) is 18.0 Å². The molecule has 0 spiro atoms. The molecule has 0 amide bonds. The summed E-state index contributed by atoms with van der Waals surface area (Å²) in [6, 6.07) is 7.71. The summed E-state index contributed by atoms with van der Waals surface area (Å²) in [5, 5.41) is 10.7. The van der Waals surface area contributed by atoms with E-state index in [-0.39, 0.29) is 11.9 Å². The summed E-state index contributed by atoms with van der Waals surface area (Å²) in [4.78, 5) is 21.1. The van der Waals surface area contributed by atoms with E-state index in [4.69, 9.17) is 0 Å². The van der Waals surface area contributed by atoms with Crippen molar-refractivity contribution in [3.63, 3.8) is 0 Å². The topological polar surface area (TPSA) is 53.4 Å². The highest BCUT2D eigenvalue weighted by Crippen LogP contribution is 2.43. The Labute approximate surface area is 143 Å². The van der Waals surface area contributed by atoms with Crippen molar-refractivity contribution in [3.05, 3.63) is 40.9 Å². The molecule has 1 aromatic carbocycles. The molecule has 4 nitrogen and oxygen atoms in total. The van der Waals surface area contributed by atoms with Crippen molar-refractivity contribution in [1.82, 2.24) is 4.98 Å². The lowest BCUT2D eigenvalue weighted by atomic mass is 9.74. The number of aliphatic hydroxyl groups excluding tert-OH is 1. The van der Waals surface area contributed by atoms with Gasteiger partial charge in [0.1, 0.15) is 0 Å². The van der Waals surface area contributed by atoms with Gasteiger partial charge in [-0.15, -0.1) is 11.8 Å². The van der Waals surface area contributed by atoms with Gasteiger partial charge in [-0.2, -0.15) is 0 Å². The monoisotopic (exact) mass is 346 g/mol. The maximum atomic E-state index is 12.6. The normalized spacial score (nSPS) is 26.0. The molecule has 2 fully saturated rings. The zero-order valence-corrected chi connectivity index (χ0v) is 14.4. The van der Waals surface area contributed by atoms with E-state index in [9.17, 15) is 9.90 Å². The van der Waals surface area contributed by atoms with Crippen LogP contribution in [0.4, 0.5) is 5.13 Å². The van der Waals surface area contributed by atoms with Gasteiger partial charge in [-0.05, 0) is 30.7 Å². The highest BCUT2D eigenvalue weighted by atomic mass is 32.2. The number of hydrogen-bond donors (Lipinski definition) is 1. The Morgan fingerprint density at radius 3 is 3.04 bits per heavy atom. The van der Waals surface area contributed by atoms with Gasteiger partial charge in [-0.1, -0.05) is 23.5 Å². The van der Waals surface area contributed by atoms with E-state index in [1.807, 2.05) is 30.5 Å². The van der Waals surface area contributed by atoms with Crippen LogP contribution in [0, 0.1) is 11.8 Å². The van der Waals surface area contributed by atoms with Crippen LogP contribution in [0.25, 0.3) is 0 Å². The van der Waals surface area contributed by atoms with Crippen LogP contribution in [0.3, 0.4) is 0 Å². The van der Waals surface area contributed by atoms with Crippen molar-refractivity contribution < 1.29 is 9.90 Å². The number of thiazole rings is 1. The third-order valence-electron chi connectivity index (χ3n) is 4.85. The molecule has 4 rings (SSSR count). The highest BCUT2D eigenvalue weighted by Gasteiger charge is 2.46. The molecule has 1 N–H and O–H groups in total. The molecule has 2 heterocycles. The molecule has 120 valence electrons. The average Bonchev–Trinajstić information content (AvgIpc) is 3.18. The number of aromatic nitrogens is 1. The summed E-state index contributed by atoms with van der Waals surface area (Å²) in [6.45, 7) is 1.81. The Morgan fingerprint density at radius 1 is 1.43 bits per heavy atom. The van der Waals surface area contributed by atoms with Crippen LogP contribution in [0.15, 0.2) is 35.4 Å². The number of nitrogens with zero attached hydrogens (tertiary/aromatic N) is 2. The van der Waals surface area contributed by atoms with Gasteiger partial charge in [0.2, 0.25) is 5.78 Å². The lowest BCUT2D eigenvalue weighted by Crippen LogP contribution is -2.39. The number of carbonyl (C=O) groups excluding carboxylic acids is 1. The molecule has 3 atom stereocenters. The predicted molar refractivity (Wildman–Crippen MR) is 93.6 cm³/mol. The van der Waals surface area contributed by atoms with Gasteiger partial charge in [-0.3, -0.25) is 4.79 Å². The first-order valence-electron chi connectivity index (χ1n) is 7.73. The molecule has 1 saturated heterocycles. The predicted octanol–water partition coefficient (Wildman–Crippen LogP) is 2.91. The second kappa shape index (κ2) is 5.92. The number of carbonyl (C=O) groups is 1. The first-order chi connectivity index (χ1) is 11.2. The van der Waals surface area contributed by atoms with E-state index in [1.165, 1.54) is 11.3 Å². The maximum Gasteiger partial charge on any atom is 0.204 e. The van der Waals surface area contributed by atoms with Gasteiger partial charge >= 0.3 is 0 Å². The first kappa shape index (κ1) is 15.2. The quantitative estimate of drug-likeness (QED) is 0.681. The van der Waals surface area contributed by atoms with E-state index in [2.05, 4.69) is 9.88 Å². The van der Waals surface area contributed by atoms with Gasteiger partial charge in [-0.25, -0.2) is 4.98 Å². The largest absolute Gasteiger partial charge is 0.393 e. The summed E-state index contributed by atoms with van der Waals surface area (Å²) >= 11 is 3.09. The molecular weight excluding hydrogens is 328 g/mol. The minimum Gasteiger partial charge on any atom is -0.393 e. The van der Waals surface area contributed by atoms with E-state index in [0.29, 0.717) is 22.3 Å². The number of thioether (sulfide) groups is 1. The van der Waals surface area contributed by atoms with Crippen LogP contribution in [-0.2, 0) is 0 Å². The Hall–Kier alpha value is -1.37.